The van der Waals surface area contributed by atoms with Gasteiger partial charge in [-0.2, -0.15) is 10.4 Å². The van der Waals surface area contributed by atoms with Crippen molar-refractivity contribution in [3.63, 3.8) is 0 Å². The molecule has 2 aromatic carbocycles. The molecule has 4 aromatic rings. The monoisotopic (exact) mass is 357 g/mol. The third kappa shape index (κ3) is 3.27. The first-order valence-electron chi connectivity index (χ1n) is 8.97. The molecule has 0 bridgehead atoms. The Morgan fingerprint density at radius 1 is 1.15 bits per heavy atom. The highest BCUT2D eigenvalue weighted by atomic mass is 16.5. The fourth-order valence-corrected chi connectivity index (χ4v) is 2.94. The number of hydrogen-bond acceptors (Lipinski definition) is 4. The van der Waals surface area contributed by atoms with E-state index in [1.807, 2.05) is 36.4 Å². The molecule has 0 fully saturated rings. The van der Waals surface area contributed by atoms with Gasteiger partial charge in [0.1, 0.15) is 11.4 Å². The fraction of sp³-hybridized carbons (Fsp3) is 0.190. The number of benzene rings is 2. The lowest BCUT2D eigenvalue weighted by Gasteiger charge is -2.07. The van der Waals surface area contributed by atoms with E-state index in [-0.39, 0.29) is 0 Å². The van der Waals surface area contributed by atoms with Gasteiger partial charge in [0, 0.05) is 5.56 Å². The van der Waals surface area contributed by atoms with Crippen molar-refractivity contribution in [3.8, 4) is 34.6 Å². The molecule has 0 aliphatic carbocycles. The first-order valence-corrected chi connectivity index (χ1v) is 8.97. The summed E-state index contributed by atoms with van der Waals surface area (Å²) >= 11 is 0. The number of aromatic nitrogens is 4. The second kappa shape index (κ2) is 7.34. The van der Waals surface area contributed by atoms with E-state index in [2.05, 4.69) is 33.2 Å². The van der Waals surface area contributed by atoms with Crippen molar-refractivity contribution in [2.24, 2.45) is 0 Å². The van der Waals surface area contributed by atoms with Gasteiger partial charge in [0.05, 0.1) is 29.3 Å². The quantitative estimate of drug-likeness (QED) is 0.491. The Labute approximate surface area is 156 Å². The van der Waals surface area contributed by atoms with Crippen LogP contribution in [0.1, 0.15) is 25.3 Å². The molecule has 0 aliphatic heterocycles. The first kappa shape index (κ1) is 16.9. The van der Waals surface area contributed by atoms with Crippen LogP contribution in [0.25, 0.3) is 33.8 Å². The van der Waals surface area contributed by atoms with Gasteiger partial charge < -0.3 is 9.72 Å². The van der Waals surface area contributed by atoms with Crippen molar-refractivity contribution in [2.45, 2.75) is 19.8 Å². The Hall–Kier alpha value is -3.59. The van der Waals surface area contributed by atoms with Crippen LogP contribution in [0.15, 0.2) is 48.5 Å². The SMILES string of the molecule is CCCCOc1c(-c2ccccc2)n[nH]c1-c1nc2ccc(C#N)cc2[nH]1. The highest BCUT2D eigenvalue weighted by Gasteiger charge is 2.20. The number of unbranched alkanes of at least 4 members (excludes halogenated alkanes) is 1. The molecule has 6 nitrogen and oxygen atoms in total. The summed E-state index contributed by atoms with van der Waals surface area (Å²) in [6, 6.07) is 17.5. The van der Waals surface area contributed by atoms with Crippen LogP contribution in [-0.4, -0.2) is 26.8 Å². The molecule has 0 amide bonds. The average Bonchev–Trinajstić information content (AvgIpc) is 3.32. The van der Waals surface area contributed by atoms with Crippen LogP contribution in [0.3, 0.4) is 0 Å². The van der Waals surface area contributed by atoms with E-state index in [0.29, 0.717) is 29.4 Å². The molecule has 2 heterocycles. The topological polar surface area (TPSA) is 90.4 Å². The molecule has 0 saturated heterocycles. The maximum absolute atomic E-state index is 9.09. The molecular weight excluding hydrogens is 338 g/mol. The minimum absolute atomic E-state index is 0.590. The normalized spacial score (nSPS) is 10.8. The van der Waals surface area contributed by atoms with Crippen LogP contribution in [0.2, 0.25) is 0 Å². The third-order valence-electron chi connectivity index (χ3n) is 4.36. The second-order valence-corrected chi connectivity index (χ2v) is 6.27. The molecule has 0 saturated carbocycles. The zero-order valence-corrected chi connectivity index (χ0v) is 15.0. The van der Waals surface area contributed by atoms with Crippen molar-refractivity contribution < 1.29 is 4.74 Å². The number of nitrogens with zero attached hydrogens (tertiary/aromatic N) is 3. The largest absolute Gasteiger partial charge is 0.489 e. The Morgan fingerprint density at radius 3 is 2.78 bits per heavy atom. The maximum Gasteiger partial charge on any atom is 0.176 e. The van der Waals surface area contributed by atoms with Crippen molar-refractivity contribution in [1.29, 1.82) is 5.26 Å². The average molecular weight is 357 g/mol. The van der Waals surface area contributed by atoms with Gasteiger partial charge in [0.15, 0.2) is 11.6 Å². The Kier molecular flexibility index (Phi) is 4.58. The van der Waals surface area contributed by atoms with E-state index in [9.17, 15) is 0 Å². The first-order chi connectivity index (χ1) is 13.3. The van der Waals surface area contributed by atoms with Crippen LogP contribution in [0, 0.1) is 11.3 Å². The summed E-state index contributed by atoms with van der Waals surface area (Å²) in [5, 5.41) is 16.6. The number of H-pyrrole nitrogens is 2. The number of hydrogen-bond donors (Lipinski definition) is 2. The number of nitrogens with one attached hydrogen (secondary N) is 2. The third-order valence-corrected chi connectivity index (χ3v) is 4.36. The Morgan fingerprint density at radius 2 is 2.00 bits per heavy atom. The van der Waals surface area contributed by atoms with Crippen molar-refractivity contribution in [1.82, 2.24) is 20.2 Å². The molecule has 2 aromatic heterocycles. The minimum Gasteiger partial charge on any atom is -0.489 e. The van der Waals surface area contributed by atoms with Crippen molar-refractivity contribution in [2.75, 3.05) is 6.61 Å². The summed E-state index contributed by atoms with van der Waals surface area (Å²) in [6.07, 6.45) is 2.01. The van der Waals surface area contributed by atoms with Crippen LogP contribution in [-0.2, 0) is 0 Å². The standard InChI is InChI=1S/C21H19N5O/c1-2-3-11-27-20-18(15-7-5-4-6-8-15)25-26-19(20)21-23-16-10-9-14(13-22)12-17(16)24-21/h4-10,12H,2-3,11H2,1H3,(H,23,24)(H,25,26). The molecule has 0 aliphatic rings. The summed E-state index contributed by atoms with van der Waals surface area (Å²) in [5.74, 6) is 1.33. The predicted octanol–water partition coefficient (Wildman–Crippen LogP) is 4.67. The van der Waals surface area contributed by atoms with Crippen molar-refractivity contribution in [3.05, 3.63) is 54.1 Å². The summed E-state index contributed by atoms with van der Waals surface area (Å²) in [6.45, 7) is 2.74. The molecule has 0 atom stereocenters. The van der Waals surface area contributed by atoms with Gasteiger partial charge in [0.25, 0.3) is 0 Å². The summed E-state index contributed by atoms with van der Waals surface area (Å²) in [5.41, 5.74) is 4.64. The van der Waals surface area contributed by atoms with Gasteiger partial charge >= 0.3 is 0 Å². The molecule has 27 heavy (non-hydrogen) atoms. The smallest absolute Gasteiger partial charge is 0.176 e. The summed E-state index contributed by atoms with van der Waals surface area (Å²) in [7, 11) is 0. The van der Waals surface area contributed by atoms with Crippen LogP contribution in [0.5, 0.6) is 5.75 Å². The van der Waals surface area contributed by atoms with E-state index < -0.39 is 0 Å². The predicted molar refractivity (Wildman–Crippen MR) is 104 cm³/mol. The van der Waals surface area contributed by atoms with E-state index in [4.69, 9.17) is 10.00 Å². The lowest BCUT2D eigenvalue weighted by Crippen LogP contribution is -1.98. The van der Waals surface area contributed by atoms with E-state index in [1.165, 1.54) is 0 Å². The maximum atomic E-state index is 9.09. The molecule has 134 valence electrons. The molecule has 0 unspecified atom stereocenters. The van der Waals surface area contributed by atoms with Crippen LogP contribution < -0.4 is 4.74 Å². The van der Waals surface area contributed by atoms with Gasteiger partial charge in [-0.25, -0.2) is 4.98 Å². The van der Waals surface area contributed by atoms with Crippen LogP contribution in [0.4, 0.5) is 0 Å². The molecule has 0 spiro atoms. The molecule has 6 heteroatoms. The number of aromatic amines is 2. The Bertz CT molecular complexity index is 1100. The number of nitriles is 1. The molecule has 0 radical (unpaired) electrons. The highest BCUT2D eigenvalue weighted by Crippen LogP contribution is 2.36. The summed E-state index contributed by atoms with van der Waals surface area (Å²) in [4.78, 5) is 7.91. The van der Waals surface area contributed by atoms with Gasteiger partial charge in [0.2, 0.25) is 0 Å². The van der Waals surface area contributed by atoms with Gasteiger partial charge in [-0.05, 0) is 24.6 Å². The highest BCUT2D eigenvalue weighted by molar-refractivity contribution is 5.83. The van der Waals surface area contributed by atoms with E-state index >= 15 is 0 Å². The zero-order valence-electron chi connectivity index (χ0n) is 15.0. The zero-order chi connectivity index (χ0) is 18.6. The van der Waals surface area contributed by atoms with E-state index in [0.717, 1.165) is 35.1 Å². The number of ether oxygens (including phenoxy) is 1. The lowest BCUT2D eigenvalue weighted by molar-refractivity contribution is 0.312. The molecule has 4 rings (SSSR count). The van der Waals surface area contributed by atoms with Crippen LogP contribution >= 0.6 is 0 Å². The fourth-order valence-electron chi connectivity index (χ4n) is 2.94. The summed E-state index contributed by atoms with van der Waals surface area (Å²) < 4.78 is 6.09. The van der Waals surface area contributed by atoms with E-state index in [1.54, 1.807) is 12.1 Å². The van der Waals surface area contributed by atoms with Gasteiger partial charge in [-0.1, -0.05) is 43.7 Å². The lowest BCUT2D eigenvalue weighted by atomic mass is 10.1. The second-order valence-electron chi connectivity index (χ2n) is 6.27. The molecule has 2 N–H and O–H groups in total. The van der Waals surface area contributed by atoms with Crippen molar-refractivity contribution >= 4 is 11.0 Å². The number of fused-ring (bicyclic) bond motifs is 1. The number of imidazole rings is 1. The number of rotatable bonds is 6. The Balaban J connectivity index is 1.80. The molecular formula is C21H19N5O. The van der Waals surface area contributed by atoms with Gasteiger partial charge in [-0.15, -0.1) is 0 Å². The van der Waals surface area contributed by atoms with Gasteiger partial charge in [-0.3, -0.25) is 5.10 Å². The minimum atomic E-state index is 0.590.